The van der Waals surface area contributed by atoms with Crippen LogP contribution in [0.2, 0.25) is 0 Å². The molecule has 0 spiro atoms. The number of nitrogens with one attached hydrogen (secondary N) is 2. The van der Waals surface area contributed by atoms with Crippen LogP contribution in [0.4, 0.5) is 0 Å². The highest BCUT2D eigenvalue weighted by atomic mass is 16.3. The van der Waals surface area contributed by atoms with E-state index in [0.29, 0.717) is 11.5 Å². The van der Waals surface area contributed by atoms with Gasteiger partial charge in [0.2, 0.25) is 0 Å². The Morgan fingerprint density at radius 3 is 2.72 bits per heavy atom. The average Bonchev–Trinajstić information content (AvgIpc) is 3.51. The van der Waals surface area contributed by atoms with Crippen LogP contribution < -0.4 is 0 Å². The molecule has 0 amide bonds. The maximum atomic E-state index is 5.20. The Morgan fingerprint density at radius 1 is 0.966 bits per heavy atom. The molecular formula is C20H14N8O. The summed E-state index contributed by atoms with van der Waals surface area (Å²) in [5.74, 6) is 0.625. The molecule has 6 heterocycles. The number of hydrogen-bond acceptors (Lipinski definition) is 6. The average molecular weight is 382 g/mol. The number of hydrogen-bond donors (Lipinski definition) is 2. The second kappa shape index (κ2) is 5.86. The summed E-state index contributed by atoms with van der Waals surface area (Å²) in [5.41, 5.74) is 7.24. The summed E-state index contributed by atoms with van der Waals surface area (Å²) in [4.78, 5) is 17.4. The normalized spacial score (nSPS) is 11.6. The van der Waals surface area contributed by atoms with Gasteiger partial charge in [-0.3, -0.25) is 14.8 Å². The first kappa shape index (κ1) is 15.8. The third-order valence-corrected chi connectivity index (χ3v) is 4.83. The maximum Gasteiger partial charge on any atom is 0.161 e. The first-order chi connectivity index (χ1) is 14.3. The second-order valence-electron chi connectivity index (χ2n) is 6.72. The van der Waals surface area contributed by atoms with Crippen molar-refractivity contribution in [2.24, 2.45) is 7.05 Å². The minimum atomic E-state index is 0.625. The zero-order valence-electron chi connectivity index (χ0n) is 15.3. The minimum Gasteiger partial charge on any atom is -0.472 e. The lowest BCUT2D eigenvalue weighted by Crippen LogP contribution is -1.87. The number of H-pyrrole nitrogens is 2. The van der Waals surface area contributed by atoms with Crippen molar-refractivity contribution in [1.29, 1.82) is 0 Å². The van der Waals surface area contributed by atoms with Gasteiger partial charge in [-0.25, -0.2) is 9.97 Å². The fourth-order valence-corrected chi connectivity index (χ4v) is 3.44. The zero-order valence-corrected chi connectivity index (χ0v) is 15.3. The molecule has 0 radical (unpaired) electrons. The molecule has 9 nitrogen and oxygen atoms in total. The van der Waals surface area contributed by atoms with Crippen LogP contribution in [0.25, 0.3) is 56.1 Å². The summed E-state index contributed by atoms with van der Waals surface area (Å²) in [6.45, 7) is 0. The summed E-state index contributed by atoms with van der Waals surface area (Å²) >= 11 is 0. The molecule has 0 aliphatic heterocycles. The molecule has 0 saturated heterocycles. The highest BCUT2D eigenvalue weighted by Gasteiger charge is 2.17. The molecule has 0 unspecified atom stereocenters. The number of fused-ring (bicyclic) bond motifs is 2. The Morgan fingerprint density at radius 2 is 1.90 bits per heavy atom. The Kier molecular flexibility index (Phi) is 3.19. The summed E-state index contributed by atoms with van der Waals surface area (Å²) in [6.07, 6.45) is 8.74. The Labute approximate surface area is 163 Å². The number of furan rings is 1. The highest BCUT2D eigenvalue weighted by molar-refractivity contribution is 5.94. The van der Waals surface area contributed by atoms with Crippen LogP contribution in [-0.2, 0) is 7.05 Å². The van der Waals surface area contributed by atoms with Gasteiger partial charge in [0.1, 0.15) is 16.7 Å². The number of aryl methyl sites for hydroxylation is 1. The predicted octanol–water partition coefficient (Wildman–Crippen LogP) is 3.56. The van der Waals surface area contributed by atoms with E-state index >= 15 is 0 Å². The van der Waals surface area contributed by atoms with Crippen molar-refractivity contribution in [2.45, 2.75) is 0 Å². The Bertz CT molecular complexity index is 1470. The predicted molar refractivity (Wildman–Crippen MR) is 107 cm³/mol. The third-order valence-electron chi connectivity index (χ3n) is 4.83. The molecule has 29 heavy (non-hydrogen) atoms. The van der Waals surface area contributed by atoms with Crippen molar-refractivity contribution < 1.29 is 4.42 Å². The van der Waals surface area contributed by atoms with Gasteiger partial charge in [0.15, 0.2) is 11.5 Å². The number of aromatic amines is 2. The summed E-state index contributed by atoms with van der Waals surface area (Å²) in [5, 5.41) is 11.7. The summed E-state index contributed by atoms with van der Waals surface area (Å²) < 4.78 is 6.95. The van der Waals surface area contributed by atoms with E-state index in [1.54, 1.807) is 29.6 Å². The van der Waals surface area contributed by atoms with Crippen molar-refractivity contribution in [3.05, 3.63) is 55.4 Å². The first-order valence-corrected chi connectivity index (χ1v) is 8.98. The molecule has 6 aromatic heterocycles. The standard InChI is InChI=1S/C20H14N8O/c1-28-9-12(8-22-28)13-2-3-15-18(23-13)19(27-26-15)20-24-14-4-6-21-16(17(14)25-20)11-5-7-29-10-11/h2-10H,1H3,(H,24,25)(H,26,27). The lowest BCUT2D eigenvalue weighted by atomic mass is 10.2. The minimum absolute atomic E-state index is 0.625. The zero-order chi connectivity index (χ0) is 19.4. The number of rotatable bonds is 3. The van der Waals surface area contributed by atoms with Crippen LogP contribution in [-0.4, -0.2) is 39.9 Å². The molecule has 0 aliphatic carbocycles. The highest BCUT2D eigenvalue weighted by Crippen LogP contribution is 2.30. The Balaban J connectivity index is 1.53. The fourth-order valence-electron chi connectivity index (χ4n) is 3.44. The van der Waals surface area contributed by atoms with Gasteiger partial charge in [-0.1, -0.05) is 0 Å². The van der Waals surface area contributed by atoms with E-state index in [9.17, 15) is 0 Å². The van der Waals surface area contributed by atoms with Gasteiger partial charge in [-0.15, -0.1) is 0 Å². The molecule has 0 fully saturated rings. The third kappa shape index (κ3) is 2.44. The van der Waals surface area contributed by atoms with Crippen LogP contribution in [0.3, 0.4) is 0 Å². The topological polar surface area (TPSA) is 114 Å². The maximum absolute atomic E-state index is 5.20. The second-order valence-corrected chi connectivity index (χ2v) is 6.72. The van der Waals surface area contributed by atoms with Crippen LogP contribution in [0.1, 0.15) is 0 Å². The van der Waals surface area contributed by atoms with E-state index in [2.05, 4.69) is 25.3 Å². The molecule has 0 bridgehead atoms. The van der Waals surface area contributed by atoms with E-state index < -0.39 is 0 Å². The van der Waals surface area contributed by atoms with E-state index in [1.807, 2.05) is 37.5 Å². The van der Waals surface area contributed by atoms with Gasteiger partial charge < -0.3 is 9.40 Å². The molecule has 9 heteroatoms. The van der Waals surface area contributed by atoms with Crippen LogP contribution in [0.5, 0.6) is 0 Å². The number of aromatic nitrogens is 8. The monoisotopic (exact) mass is 382 g/mol. The SMILES string of the molecule is Cn1cc(-c2ccc3[nH]nc(-c4nc5c(-c6ccoc6)nccc5[nH]4)c3n2)cn1. The molecule has 6 aromatic rings. The summed E-state index contributed by atoms with van der Waals surface area (Å²) in [7, 11) is 1.88. The number of nitrogens with zero attached hydrogens (tertiary/aromatic N) is 6. The van der Waals surface area contributed by atoms with Gasteiger partial charge in [0.05, 0.1) is 35.5 Å². The van der Waals surface area contributed by atoms with Crippen LogP contribution in [0, 0.1) is 0 Å². The number of imidazole rings is 1. The molecule has 0 aliphatic rings. The van der Waals surface area contributed by atoms with Crippen molar-refractivity contribution in [3.63, 3.8) is 0 Å². The molecular weight excluding hydrogens is 368 g/mol. The van der Waals surface area contributed by atoms with Crippen molar-refractivity contribution >= 4 is 22.1 Å². The molecule has 0 saturated carbocycles. The van der Waals surface area contributed by atoms with Gasteiger partial charge in [-0.05, 0) is 24.3 Å². The van der Waals surface area contributed by atoms with E-state index in [-0.39, 0.29) is 0 Å². The number of pyridine rings is 2. The quantitative estimate of drug-likeness (QED) is 0.484. The smallest absolute Gasteiger partial charge is 0.161 e. The van der Waals surface area contributed by atoms with E-state index in [4.69, 9.17) is 14.4 Å². The van der Waals surface area contributed by atoms with E-state index in [0.717, 1.165) is 44.6 Å². The molecule has 2 N–H and O–H groups in total. The molecule has 0 atom stereocenters. The van der Waals surface area contributed by atoms with E-state index in [1.165, 1.54) is 0 Å². The van der Waals surface area contributed by atoms with Crippen molar-refractivity contribution in [2.75, 3.05) is 0 Å². The molecule has 6 rings (SSSR count). The van der Waals surface area contributed by atoms with Crippen LogP contribution >= 0.6 is 0 Å². The fraction of sp³-hybridized carbons (Fsp3) is 0.0500. The van der Waals surface area contributed by atoms with Gasteiger partial charge in [-0.2, -0.15) is 10.2 Å². The van der Waals surface area contributed by atoms with Crippen molar-refractivity contribution in [1.82, 2.24) is 39.9 Å². The van der Waals surface area contributed by atoms with Crippen LogP contribution in [0.15, 0.2) is 59.8 Å². The largest absolute Gasteiger partial charge is 0.472 e. The van der Waals surface area contributed by atoms with Gasteiger partial charge in [0, 0.05) is 30.6 Å². The van der Waals surface area contributed by atoms with Gasteiger partial charge in [0.25, 0.3) is 0 Å². The molecule has 0 aromatic carbocycles. The van der Waals surface area contributed by atoms with Crippen molar-refractivity contribution in [3.8, 4) is 34.0 Å². The van der Waals surface area contributed by atoms with Gasteiger partial charge >= 0.3 is 0 Å². The summed E-state index contributed by atoms with van der Waals surface area (Å²) in [6, 6.07) is 7.66. The molecule has 140 valence electrons. The Hall–Kier alpha value is -4.27. The first-order valence-electron chi connectivity index (χ1n) is 8.98. The lowest BCUT2D eigenvalue weighted by molar-refractivity contribution is 0.568. The lowest BCUT2D eigenvalue weighted by Gasteiger charge is -1.97.